The van der Waals surface area contributed by atoms with Gasteiger partial charge < -0.3 is 4.74 Å². The third-order valence-corrected chi connectivity index (χ3v) is 9.51. The van der Waals surface area contributed by atoms with Gasteiger partial charge in [-0.05, 0) is 110 Å². The van der Waals surface area contributed by atoms with Crippen LogP contribution in [0.15, 0.2) is 42.5 Å². The number of benzene rings is 2. The molecule has 4 rings (SSSR count). The van der Waals surface area contributed by atoms with Crippen LogP contribution in [0.4, 0.5) is 13.2 Å². The van der Waals surface area contributed by atoms with E-state index in [1.54, 1.807) is 6.07 Å². The number of hydrogen-bond acceptors (Lipinski definition) is 1. The Morgan fingerprint density at radius 3 is 1.90 bits per heavy atom. The molecular weight excluding hydrogens is 493 g/mol. The molecule has 2 aromatic carbocycles. The van der Waals surface area contributed by atoms with Crippen LogP contribution in [0.1, 0.15) is 138 Å². The first kappa shape index (κ1) is 30.2. The lowest BCUT2D eigenvalue weighted by atomic mass is 9.77. The van der Waals surface area contributed by atoms with Crippen LogP contribution in [0, 0.1) is 17.7 Å². The fraction of sp³-hybridized carbons (Fsp3) is 0.657. The normalized spacial score (nSPS) is 24.1. The molecule has 1 nitrogen and oxygen atoms in total. The molecule has 0 atom stereocenters. The average Bonchev–Trinajstić information content (AvgIpc) is 2.94. The van der Waals surface area contributed by atoms with Gasteiger partial charge in [-0.3, -0.25) is 0 Å². The Labute approximate surface area is 234 Å². The van der Waals surface area contributed by atoms with E-state index < -0.39 is 17.5 Å². The van der Waals surface area contributed by atoms with Crippen LogP contribution < -0.4 is 0 Å². The van der Waals surface area contributed by atoms with Gasteiger partial charge in [0.2, 0.25) is 0 Å². The summed E-state index contributed by atoms with van der Waals surface area (Å²) in [4.78, 5) is 0. The van der Waals surface area contributed by atoms with Crippen LogP contribution in [-0.2, 0) is 17.3 Å². The van der Waals surface area contributed by atoms with E-state index in [0.717, 1.165) is 48.6 Å². The summed E-state index contributed by atoms with van der Waals surface area (Å²) in [7, 11) is 0. The zero-order valence-corrected chi connectivity index (χ0v) is 24.2. The first-order valence-electron chi connectivity index (χ1n) is 15.8. The average molecular weight is 543 g/mol. The van der Waals surface area contributed by atoms with E-state index >= 15 is 0 Å². The Kier molecular flexibility index (Phi) is 11.4. The fourth-order valence-electron chi connectivity index (χ4n) is 7.01. The minimum absolute atomic E-state index is 0.155. The van der Waals surface area contributed by atoms with E-state index in [1.165, 1.54) is 81.9 Å². The van der Waals surface area contributed by atoms with Crippen molar-refractivity contribution in [3.05, 3.63) is 70.5 Å². The molecule has 0 radical (unpaired) electrons. The van der Waals surface area contributed by atoms with E-state index in [4.69, 9.17) is 4.74 Å². The SMILES string of the molecule is CCCCCC1CCC(c2ccc(C(F)(F)OCCc3ccc(C4CCC(CCC)CC4)cc3)c(F)c2)CC1. The highest BCUT2D eigenvalue weighted by Crippen LogP contribution is 2.40. The molecule has 2 fully saturated rings. The number of rotatable bonds is 13. The number of hydrogen-bond donors (Lipinski definition) is 0. The molecule has 0 aliphatic heterocycles. The molecule has 0 bridgehead atoms. The molecule has 39 heavy (non-hydrogen) atoms. The zero-order chi connectivity index (χ0) is 27.7. The Balaban J connectivity index is 1.24. The van der Waals surface area contributed by atoms with Crippen LogP contribution >= 0.6 is 0 Å². The summed E-state index contributed by atoms with van der Waals surface area (Å²) in [5.74, 6) is 1.65. The van der Waals surface area contributed by atoms with Gasteiger partial charge in [0, 0.05) is 0 Å². The maximum Gasteiger partial charge on any atom is 0.386 e. The summed E-state index contributed by atoms with van der Waals surface area (Å²) in [6, 6.07) is 12.6. The van der Waals surface area contributed by atoms with Gasteiger partial charge in [-0.15, -0.1) is 0 Å². The smallest absolute Gasteiger partial charge is 0.316 e. The van der Waals surface area contributed by atoms with Crippen molar-refractivity contribution in [3.8, 4) is 0 Å². The third-order valence-electron chi connectivity index (χ3n) is 9.51. The highest BCUT2D eigenvalue weighted by molar-refractivity contribution is 5.29. The lowest BCUT2D eigenvalue weighted by molar-refractivity contribution is -0.249. The Hall–Kier alpha value is -1.81. The summed E-state index contributed by atoms with van der Waals surface area (Å²) in [5, 5.41) is 0. The van der Waals surface area contributed by atoms with Crippen molar-refractivity contribution < 1.29 is 17.9 Å². The minimum atomic E-state index is -3.64. The zero-order valence-electron chi connectivity index (χ0n) is 24.2. The predicted molar refractivity (Wildman–Crippen MR) is 155 cm³/mol. The molecule has 0 heterocycles. The van der Waals surface area contributed by atoms with E-state index in [1.807, 2.05) is 12.1 Å². The van der Waals surface area contributed by atoms with Crippen LogP contribution in [0.25, 0.3) is 0 Å². The third kappa shape index (κ3) is 8.59. The van der Waals surface area contributed by atoms with Gasteiger partial charge in [-0.25, -0.2) is 4.39 Å². The number of halogens is 3. The van der Waals surface area contributed by atoms with Gasteiger partial charge in [0.1, 0.15) is 5.82 Å². The molecule has 0 amide bonds. The summed E-state index contributed by atoms with van der Waals surface area (Å²) in [6.45, 7) is 4.33. The van der Waals surface area contributed by atoms with E-state index in [9.17, 15) is 13.2 Å². The highest BCUT2D eigenvalue weighted by atomic mass is 19.3. The van der Waals surface area contributed by atoms with Gasteiger partial charge in [-0.1, -0.05) is 82.7 Å². The van der Waals surface area contributed by atoms with Gasteiger partial charge >= 0.3 is 6.11 Å². The lowest BCUT2D eigenvalue weighted by Gasteiger charge is -2.29. The quantitative estimate of drug-likeness (QED) is 0.229. The number of alkyl halides is 2. The summed E-state index contributed by atoms with van der Waals surface area (Å²) < 4.78 is 49.5. The molecule has 0 saturated heterocycles. The first-order valence-corrected chi connectivity index (χ1v) is 15.8. The van der Waals surface area contributed by atoms with E-state index in [0.29, 0.717) is 12.3 Å². The highest BCUT2D eigenvalue weighted by Gasteiger charge is 2.36. The molecule has 0 N–H and O–H groups in total. The molecule has 2 aliphatic rings. The lowest BCUT2D eigenvalue weighted by Crippen LogP contribution is -2.22. The van der Waals surface area contributed by atoms with Crippen molar-refractivity contribution in [3.63, 3.8) is 0 Å². The Bertz CT molecular complexity index is 985. The van der Waals surface area contributed by atoms with Crippen molar-refractivity contribution in [1.82, 2.24) is 0 Å². The molecule has 2 aromatic rings. The van der Waals surface area contributed by atoms with Crippen molar-refractivity contribution >= 4 is 0 Å². The van der Waals surface area contributed by atoms with Crippen molar-refractivity contribution in [1.29, 1.82) is 0 Å². The van der Waals surface area contributed by atoms with Crippen molar-refractivity contribution in [2.24, 2.45) is 11.8 Å². The molecule has 0 unspecified atom stereocenters. The summed E-state index contributed by atoms with van der Waals surface area (Å²) >= 11 is 0. The van der Waals surface area contributed by atoms with Gasteiger partial charge in [-0.2, -0.15) is 8.78 Å². The molecule has 2 aliphatic carbocycles. The fourth-order valence-corrected chi connectivity index (χ4v) is 7.01. The van der Waals surface area contributed by atoms with E-state index in [2.05, 4.69) is 26.0 Å². The molecule has 2 saturated carbocycles. The number of ether oxygens (including phenoxy) is 1. The molecule has 216 valence electrons. The van der Waals surface area contributed by atoms with Crippen LogP contribution in [0.2, 0.25) is 0 Å². The topological polar surface area (TPSA) is 9.23 Å². The molecule has 0 aromatic heterocycles. The predicted octanol–water partition coefficient (Wildman–Crippen LogP) is 11.1. The van der Waals surface area contributed by atoms with Gasteiger partial charge in [0.15, 0.2) is 0 Å². The molecule has 4 heteroatoms. The Morgan fingerprint density at radius 2 is 1.31 bits per heavy atom. The molecular formula is C35H49F3O. The van der Waals surface area contributed by atoms with Crippen LogP contribution in [0.3, 0.4) is 0 Å². The first-order chi connectivity index (χ1) is 18.9. The second kappa shape index (κ2) is 14.7. The maximum absolute atomic E-state index is 14.9. The number of unbranched alkanes of at least 4 members (excludes halogenated alkanes) is 2. The molecule has 0 spiro atoms. The second-order valence-corrected chi connectivity index (χ2v) is 12.3. The van der Waals surface area contributed by atoms with Gasteiger partial charge in [0.25, 0.3) is 0 Å². The summed E-state index contributed by atoms with van der Waals surface area (Å²) in [5.41, 5.74) is 2.51. The Morgan fingerprint density at radius 1 is 0.718 bits per heavy atom. The maximum atomic E-state index is 14.9. The van der Waals surface area contributed by atoms with E-state index in [-0.39, 0.29) is 12.5 Å². The van der Waals surface area contributed by atoms with Crippen molar-refractivity contribution in [2.75, 3.05) is 6.61 Å². The monoisotopic (exact) mass is 542 g/mol. The minimum Gasteiger partial charge on any atom is -0.316 e. The van der Waals surface area contributed by atoms with Crippen LogP contribution in [0.5, 0.6) is 0 Å². The van der Waals surface area contributed by atoms with Crippen molar-refractivity contribution in [2.45, 2.75) is 128 Å². The largest absolute Gasteiger partial charge is 0.386 e. The second-order valence-electron chi connectivity index (χ2n) is 12.3. The standard InChI is InChI=1S/C35H49F3O/c1-3-5-6-8-27-11-19-31(20-12-27)32-21-22-33(34(36)25-32)35(37,38)39-24-23-28-13-17-30(18-14-28)29-15-9-26(7-4-2)10-16-29/h13-14,17-18,21-22,25-27,29,31H,3-12,15-16,19-20,23-24H2,1-2H3. The van der Waals surface area contributed by atoms with Gasteiger partial charge in [0.05, 0.1) is 12.2 Å². The van der Waals surface area contributed by atoms with Crippen LogP contribution in [-0.4, -0.2) is 6.61 Å². The summed E-state index contributed by atoms with van der Waals surface area (Å²) in [6.07, 6.45) is 13.9.